The van der Waals surface area contributed by atoms with Gasteiger partial charge in [0, 0.05) is 26.2 Å². The maximum absolute atomic E-state index is 13.2. The molecule has 2 aliphatic heterocycles. The number of rotatable bonds is 5. The number of carbonyl (C=O) groups is 1. The molecule has 5 rings (SSSR count). The van der Waals surface area contributed by atoms with Gasteiger partial charge in [-0.15, -0.1) is 10.2 Å². The molecule has 10 nitrogen and oxygen atoms in total. The number of aliphatic carboxylic acids is 1. The normalized spacial score (nSPS) is 19.0. The lowest BCUT2D eigenvalue weighted by Crippen LogP contribution is -2.40. The first-order valence-electron chi connectivity index (χ1n) is 11.1. The summed E-state index contributed by atoms with van der Waals surface area (Å²) in [6, 6.07) is 0. The lowest BCUT2D eigenvalue weighted by Gasteiger charge is -2.32. The van der Waals surface area contributed by atoms with Crippen LogP contribution < -0.4 is 9.80 Å². The molecule has 0 bridgehead atoms. The van der Waals surface area contributed by atoms with Gasteiger partial charge in [0.25, 0.3) is 0 Å². The number of hydrogen-bond donors (Lipinski definition) is 1. The monoisotopic (exact) mass is 496 g/mol. The molecule has 1 saturated heterocycles. The maximum atomic E-state index is 13.2. The Morgan fingerprint density at radius 2 is 1.97 bits per heavy atom. The average Bonchev–Trinajstić information content (AvgIpc) is 3.41. The number of aromatic nitrogens is 6. The third kappa shape index (κ3) is 4.14. The highest BCUT2D eigenvalue weighted by Gasteiger charge is 2.40. The van der Waals surface area contributed by atoms with Gasteiger partial charge in [0.15, 0.2) is 16.5 Å². The van der Waals surface area contributed by atoms with Crippen LogP contribution in [0.2, 0.25) is 0 Å². The van der Waals surface area contributed by atoms with E-state index < -0.39 is 23.9 Å². The summed E-state index contributed by atoms with van der Waals surface area (Å²) in [4.78, 5) is 30.1. The number of carboxylic acid groups (broad SMARTS) is 1. The minimum absolute atomic E-state index is 0.0642. The molecule has 14 heteroatoms. The average molecular weight is 497 g/mol. The summed E-state index contributed by atoms with van der Waals surface area (Å²) in [6.45, 7) is 3.45. The molecule has 1 unspecified atom stereocenters. The fourth-order valence-electron chi connectivity index (χ4n) is 4.43. The van der Waals surface area contributed by atoms with E-state index in [0.717, 1.165) is 22.4 Å². The van der Waals surface area contributed by atoms with Crippen molar-refractivity contribution in [3.63, 3.8) is 0 Å². The molecule has 1 N–H and O–H groups in total. The van der Waals surface area contributed by atoms with E-state index in [0.29, 0.717) is 48.0 Å². The first-order valence-corrected chi connectivity index (χ1v) is 12.0. The van der Waals surface area contributed by atoms with Crippen molar-refractivity contribution in [1.82, 2.24) is 29.7 Å². The number of halogens is 3. The molecule has 0 radical (unpaired) electrons. The topological polar surface area (TPSA) is 113 Å². The molecule has 182 valence electrons. The number of hydrogen-bond acceptors (Lipinski definition) is 9. The smallest absolute Gasteiger partial charge is 0.451 e. The number of fused-ring (bicyclic) bond motifs is 2. The van der Waals surface area contributed by atoms with Crippen LogP contribution in [0, 0.1) is 5.92 Å². The zero-order valence-corrected chi connectivity index (χ0v) is 19.2. The van der Waals surface area contributed by atoms with E-state index in [9.17, 15) is 23.1 Å². The fraction of sp³-hybridized carbons (Fsp3) is 0.600. The van der Waals surface area contributed by atoms with Crippen molar-refractivity contribution < 1.29 is 23.1 Å². The van der Waals surface area contributed by atoms with Gasteiger partial charge in [0.1, 0.15) is 5.52 Å². The third-order valence-corrected chi connectivity index (χ3v) is 7.11. The Hall–Kier alpha value is -3.03. The Bertz CT molecular complexity index is 1230. The molecule has 5 heterocycles. The van der Waals surface area contributed by atoms with Crippen LogP contribution >= 0.6 is 11.3 Å². The largest absolute Gasteiger partial charge is 0.481 e. The van der Waals surface area contributed by atoms with E-state index in [4.69, 9.17) is 15.0 Å². The number of aryl methyl sites for hydroxylation is 1. The zero-order chi connectivity index (χ0) is 24.0. The predicted molar refractivity (Wildman–Crippen MR) is 118 cm³/mol. The molecule has 0 aromatic carbocycles. The highest BCUT2D eigenvalue weighted by Crippen LogP contribution is 2.35. The van der Waals surface area contributed by atoms with Gasteiger partial charge in [-0.2, -0.15) is 23.1 Å². The van der Waals surface area contributed by atoms with Crippen LogP contribution in [-0.4, -0.2) is 60.4 Å². The lowest BCUT2D eigenvalue weighted by atomic mass is 9.99. The summed E-state index contributed by atoms with van der Waals surface area (Å²) in [7, 11) is 0. The summed E-state index contributed by atoms with van der Waals surface area (Å²) in [5.41, 5.74) is 0.605. The molecule has 3 aromatic rings. The van der Waals surface area contributed by atoms with Gasteiger partial charge in [0.05, 0.1) is 17.5 Å². The molecule has 1 atom stereocenters. The Balaban J connectivity index is 1.53. The second-order valence-electron chi connectivity index (χ2n) is 8.49. The molecule has 0 spiro atoms. The summed E-state index contributed by atoms with van der Waals surface area (Å²) in [5, 5.41) is 17.5. The minimum Gasteiger partial charge on any atom is -0.481 e. The van der Waals surface area contributed by atoms with Crippen molar-refractivity contribution in [2.45, 2.75) is 51.9 Å². The zero-order valence-electron chi connectivity index (χ0n) is 18.4. The summed E-state index contributed by atoms with van der Waals surface area (Å²) >= 11 is 1.46. The fourth-order valence-corrected chi connectivity index (χ4v) is 5.46. The number of anilines is 2. The number of piperidine rings is 1. The van der Waals surface area contributed by atoms with Crippen LogP contribution in [0.5, 0.6) is 0 Å². The van der Waals surface area contributed by atoms with Crippen molar-refractivity contribution in [3.05, 3.63) is 16.7 Å². The van der Waals surface area contributed by atoms with Gasteiger partial charge in [-0.1, -0.05) is 18.3 Å². The molecule has 3 aromatic heterocycles. The quantitative estimate of drug-likeness (QED) is 0.570. The number of thiazole rings is 1. The van der Waals surface area contributed by atoms with Gasteiger partial charge in [-0.3, -0.25) is 4.79 Å². The molecule has 1 fully saturated rings. The van der Waals surface area contributed by atoms with Crippen LogP contribution in [0.25, 0.3) is 10.3 Å². The molecule has 0 amide bonds. The highest BCUT2D eigenvalue weighted by atomic mass is 32.1. The van der Waals surface area contributed by atoms with Gasteiger partial charge >= 0.3 is 12.1 Å². The Morgan fingerprint density at radius 3 is 2.71 bits per heavy atom. The van der Waals surface area contributed by atoms with Crippen molar-refractivity contribution in [1.29, 1.82) is 0 Å². The molecule has 0 aliphatic carbocycles. The van der Waals surface area contributed by atoms with E-state index in [1.807, 2.05) is 9.80 Å². The van der Waals surface area contributed by atoms with E-state index >= 15 is 0 Å². The molecule has 2 aliphatic rings. The van der Waals surface area contributed by atoms with Gasteiger partial charge in [-0.05, 0) is 25.7 Å². The van der Waals surface area contributed by atoms with Crippen molar-refractivity contribution >= 4 is 39.4 Å². The van der Waals surface area contributed by atoms with E-state index in [2.05, 4.69) is 17.1 Å². The number of alkyl halides is 3. The maximum Gasteiger partial charge on any atom is 0.451 e. The first-order chi connectivity index (χ1) is 16.2. The molecule has 34 heavy (non-hydrogen) atoms. The SMILES string of the molecule is CCCc1nc2c(N3CCn4c(nnc4C(F)(F)F)C3)nc(N3CCCC(C(=O)O)C3)nc2s1. The Morgan fingerprint density at radius 1 is 1.15 bits per heavy atom. The third-order valence-electron chi connectivity index (χ3n) is 6.10. The second-order valence-corrected chi connectivity index (χ2v) is 9.55. The first kappa shape index (κ1) is 22.7. The van der Waals surface area contributed by atoms with Crippen LogP contribution in [0.1, 0.15) is 42.8 Å². The standard InChI is InChI=1S/C20H23F3N8O2S/c1-2-4-13-24-14-15(29-7-8-31-12(10-29)27-28-18(31)20(21,22)23)25-19(26-16(14)34-13)30-6-3-5-11(9-30)17(32)33/h11H,2-10H2,1H3,(H,32,33). The molecule has 0 saturated carbocycles. The summed E-state index contributed by atoms with van der Waals surface area (Å²) < 4.78 is 40.8. The van der Waals surface area contributed by atoms with Crippen LogP contribution in [-0.2, 0) is 30.5 Å². The van der Waals surface area contributed by atoms with Gasteiger partial charge < -0.3 is 19.5 Å². The van der Waals surface area contributed by atoms with E-state index in [-0.39, 0.29) is 25.5 Å². The van der Waals surface area contributed by atoms with Crippen molar-refractivity contribution in [2.24, 2.45) is 5.92 Å². The van der Waals surface area contributed by atoms with Crippen LogP contribution in [0.3, 0.4) is 0 Å². The van der Waals surface area contributed by atoms with Gasteiger partial charge in [0.2, 0.25) is 11.8 Å². The highest BCUT2D eigenvalue weighted by molar-refractivity contribution is 7.18. The van der Waals surface area contributed by atoms with Gasteiger partial charge in [-0.25, -0.2) is 4.98 Å². The molecular weight excluding hydrogens is 473 g/mol. The summed E-state index contributed by atoms with van der Waals surface area (Å²) in [6.07, 6.45) is -1.56. The van der Waals surface area contributed by atoms with Crippen LogP contribution in [0.4, 0.5) is 24.9 Å². The minimum atomic E-state index is -4.57. The predicted octanol–water partition coefficient (Wildman–Crippen LogP) is 2.97. The van der Waals surface area contributed by atoms with Crippen molar-refractivity contribution in [2.75, 3.05) is 29.4 Å². The Labute approximate surface area is 196 Å². The second kappa shape index (κ2) is 8.64. The molecular formula is C20H23F3N8O2S. The van der Waals surface area contributed by atoms with E-state index in [1.54, 1.807) is 0 Å². The summed E-state index contributed by atoms with van der Waals surface area (Å²) in [5.74, 6) is -1.18. The lowest BCUT2D eigenvalue weighted by molar-refractivity contribution is -0.147. The number of nitrogens with zero attached hydrogens (tertiary/aromatic N) is 8. The number of carboxylic acids is 1. The Kier molecular flexibility index (Phi) is 5.78. The van der Waals surface area contributed by atoms with Crippen LogP contribution in [0.15, 0.2) is 0 Å². The van der Waals surface area contributed by atoms with E-state index in [1.165, 1.54) is 11.3 Å². The van der Waals surface area contributed by atoms with Crippen molar-refractivity contribution in [3.8, 4) is 0 Å².